The van der Waals surface area contributed by atoms with E-state index in [0.29, 0.717) is 19.5 Å². The van der Waals surface area contributed by atoms with Crippen molar-refractivity contribution in [2.45, 2.75) is 38.9 Å². The summed E-state index contributed by atoms with van der Waals surface area (Å²) in [7, 11) is 0. The van der Waals surface area contributed by atoms with Gasteiger partial charge in [0.05, 0.1) is 6.04 Å². The van der Waals surface area contributed by atoms with Gasteiger partial charge in [-0.15, -0.1) is 11.3 Å². The molecule has 3 aromatic rings. The van der Waals surface area contributed by atoms with Crippen molar-refractivity contribution in [3.8, 4) is 0 Å². The highest BCUT2D eigenvalue weighted by Gasteiger charge is 2.25. The van der Waals surface area contributed by atoms with Crippen molar-refractivity contribution in [2.24, 2.45) is 0 Å². The van der Waals surface area contributed by atoms with E-state index in [1.165, 1.54) is 27.3 Å². The SMILES string of the molecule is Cc1csc(=O)n1CCC(=O)NCC(c1ccccc1)N1CCc2sccc2C1. The Morgan fingerprint density at radius 2 is 2.03 bits per heavy atom. The maximum Gasteiger partial charge on any atom is 0.307 e. The fraction of sp³-hybridized carbons (Fsp3) is 0.364. The first kappa shape index (κ1) is 20.1. The van der Waals surface area contributed by atoms with Gasteiger partial charge in [-0.2, -0.15) is 0 Å². The second-order valence-electron chi connectivity index (χ2n) is 7.36. The molecule has 0 bridgehead atoms. The lowest BCUT2D eigenvalue weighted by atomic mass is 10.0. The molecule has 1 aromatic carbocycles. The number of carbonyl (C=O) groups is 1. The van der Waals surface area contributed by atoms with Gasteiger partial charge in [0.25, 0.3) is 0 Å². The molecule has 4 rings (SSSR count). The van der Waals surface area contributed by atoms with Crippen LogP contribution in [0.15, 0.2) is 52.0 Å². The Kier molecular flexibility index (Phi) is 6.28. The third-order valence-corrected chi connectivity index (χ3v) is 7.40. The van der Waals surface area contributed by atoms with Crippen LogP contribution in [-0.4, -0.2) is 28.5 Å². The summed E-state index contributed by atoms with van der Waals surface area (Å²) < 4.78 is 1.67. The number of nitrogens with zero attached hydrogens (tertiary/aromatic N) is 2. The van der Waals surface area contributed by atoms with Gasteiger partial charge in [0, 0.05) is 48.6 Å². The maximum absolute atomic E-state index is 12.5. The molecule has 0 radical (unpaired) electrons. The molecule has 152 valence electrons. The Morgan fingerprint density at radius 1 is 1.21 bits per heavy atom. The Balaban J connectivity index is 1.41. The van der Waals surface area contributed by atoms with E-state index in [1.807, 2.05) is 29.7 Å². The van der Waals surface area contributed by atoms with Crippen LogP contribution in [0.3, 0.4) is 0 Å². The highest BCUT2D eigenvalue weighted by Crippen LogP contribution is 2.30. The smallest absolute Gasteiger partial charge is 0.307 e. The van der Waals surface area contributed by atoms with Gasteiger partial charge in [-0.3, -0.25) is 14.5 Å². The zero-order valence-electron chi connectivity index (χ0n) is 16.5. The number of nitrogens with one attached hydrogen (secondary N) is 1. The lowest BCUT2D eigenvalue weighted by Crippen LogP contribution is -2.40. The number of fused-ring (bicyclic) bond motifs is 1. The van der Waals surface area contributed by atoms with E-state index in [9.17, 15) is 9.59 Å². The highest BCUT2D eigenvalue weighted by molar-refractivity contribution is 7.10. The summed E-state index contributed by atoms with van der Waals surface area (Å²) in [6.45, 7) is 4.80. The van der Waals surface area contributed by atoms with Crippen LogP contribution in [0, 0.1) is 6.92 Å². The number of amides is 1. The molecule has 1 N–H and O–H groups in total. The number of hydrogen-bond donors (Lipinski definition) is 1. The van der Waals surface area contributed by atoms with Crippen LogP contribution in [0.25, 0.3) is 0 Å². The number of aromatic nitrogens is 1. The van der Waals surface area contributed by atoms with Gasteiger partial charge in [-0.25, -0.2) is 0 Å². The van der Waals surface area contributed by atoms with Crippen LogP contribution < -0.4 is 10.2 Å². The molecule has 1 atom stereocenters. The number of thiophene rings is 1. The van der Waals surface area contributed by atoms with Crippen molar-refractivity contribution < 1.29 is 4.79 Å². The van der Waals surface area contributed by atoms with E-state index in [4.69, 9.17) is 0 Å². The predicted octanol–water partition coefficient (Wildman–Crippen LogP) is 3.59. The van der Waals surface area contributed by atoms with Crippen molar-refractivity contribution in [3.63, 3.8) is 0 Å². The van der Waals surface area contributed by atoms with Gasteiger partial charge in [0.1, 0.15) is 0 Å². The molecule has 1 aliphatic heterocycles. The summed E-state index contributed by atoms with van der Waals surface area (Å²) in [5.74, 6) is -0.0170. The zero-order chi connectivity index (χ0) is 20.2. The molecule has 0 aliphatic carbocycles. The normalized spacial score (nSPS) is 15.1. The van der Waals surface area contributed by atoms with Crippen molar-refractivity contribution in [2.75, 3.05) is 13.1 Å². The highest BCUT2D eigenvalue weighted by atomic mass is 32.1. The Morgan fingerprint density at radius 3 is 2.79 bits per heavy atom. The largest absolute Gasteiger partial charge is 0.354 e. The molecule has 29 heavy (non-hydrogen) atoms. The van der Waals surface area contributed by atoms with Crippen LogP contribution in [0.5, 0.6) is 0 Å². The molecule has 5 nitrogen and oxygen atoms in total. The number of aryl methyl sites for hydroxylation is 1. The lowest BCUT2D eigenvalue weighted by molar-refractivity contribution is -0.121. The second kappa shape index (κ2) is 9.07. The molecule has 0 spiro atoms. The Bertz CT molecular complexity index is 1020. The quantitative estimate of drug-likeness (QED) is 0.627. The molecule has 0 saturated carbocycles. The Hall–Kier alpha value is -2.22. The van der Waals surface area contributed by atoms with Crippen LogP contribution >= 0.6 is 22.7 Å². The topological polar surface area (TPSA) is 54.3 Å². The van der Waals surface area contributed by atoms with Crippen LogP contribution in [-0.2, 0) is 24.3 Å². The summed E-state index contributed by atoms with van der Waals surface area (Å²) in [5, 5.41) is 7.11. The van der Waals surface area contributed by atoms with E-state index in [2.05, 4.69) is 45.9 Å². The minimum atomic E-state index is -0.0170. The number of thiazole rings is 1. The first-order valence-corrected chi connectivity index (χ1v) is 11.6. The number of hydrogen-bond acceptors (Lipinski definition) is 5. The van der Waals surface area contributed by atoms with E-state index < -0.39 is 0 Å². The van der Waals surface area contributed by atoms with E-state index in [0.717, 1.165) is 25.2 Å². The van der Waals surface area contributed by atoms with E-state index in [1.54, 1.807) is 4.57 Å². The van der Waals surface area contributed by atoms with Crippen molar-refractivity contribution in [3.05, 3.63) is 78.5 Å². The van der Waals surface area contributed by atoms with Crippen molar-refractivity contribution in [1.82, 2.24) is 14.8 Å². The minimum Gasteiger partial charge on any atom is -0.354 e. The van der Waals surface area contributed by atoms with Crippen LogP contribution in [0.1, 0.15) is 34.2 Å². The molecule has 3 heterocycles. The average Bonchev–Trinajstić information content (AvgIpc) is 3.33. The van der Waals surface area contributed by atoms with Gasteiger partial charge in [-0.1, -0.05) is 41.7 Å². The molecular formula is C22H25N3O2S2. The maximum atomic E-state index is 12.5. The molecule has 7 heteroatoms. The fourth-order valence-corrected chi connectivity index (χ4v) is 5.51. The zero-order valence-corrected chi connectivity index (χ0v) is 18.1. The number of benzene rings is 1. The lowest BCUT2D eigenvalue weighted by Gasteiger charge is -2.35. The van der Waals surface area contributed by atoms with Gasteiger partial charge < -0.3 is 9.88 Å². The molecular weight excluding hydrogens is 402 g/mol. The standard InChI is InChI=1S/C22H25N3O2S2/c1-16-15-29-22(27)25(16)11-8-21(26)23-13-19(17-5-3-2-4-6-17)24-10-7-20-18(14-24)9-12-28-20/h2-6,9,12,15,19H,7-8,10-11,13-14H2,1H3,(H,23,26). The number of carbonyl (C=O) groups excluding carboxylic acids is 1. The van der Waals surface area contributed by atoms with Gasteiger partial charge in [0.2, 0.25) is 5.91 Å². The molecule has 0 fully saturated rings. The average molecular weight is 428 g/mol. The third kappa shape index (κ3) is 4.69. The summed E-state index contributed by atoms with van der Waals surface area (Å²) in [6.07, 6.45) is 1.37. The van der Waals surface area contributed by atoms with Crippen LogP contribution in [0.2, 0.25) is 0 Å². The van der Waals surface area contributed by atoms with Crippen molar-refractivity contribution in [1.29, 1.82) is 0 Å². The predicted molar refractivity (Wildman–Crippen MR) is 119 cm³/mol. The first-order chi connectivity index (χ1) is 14.1. The monoisotopic (exact) mass is 427 g/mol. The molecule has 1 unspecified atom stereocenters. The first-order valence-electron chi connectivity index (χ1n) is 9.87. The summed E-state index contributed by atoms with van der Waals surface area (Å²) in [4.78, 5) is 28.3. The molecule has 0 saturated heterocycles. The number of rotatable bonds is 7. The summed E-state index contributed by atoms with van der Waals surface area (Å²) >= 11 is 3.02. The third-order valence-electron chi connectivity index (χ3n) is 5.49. The van der Waals surface area contributed by atoms with Crippen molar-refractivity contribution >= 4 is 28.6 Å². The van der Waals surface area contributed by atoms with Gasteiger partial charge >= 0.3 is 4.87 Å². The Labute approximate surface area is 178 Å². The molecule has 1 amide bonds. The van der Waals surface area contributed by atoms with Gasteiger partial charge in [0.15, 0.2) is 0 Å². The molecule has 1 aliphatic rings. The summed E-state index contributed by atoms with van der Waals surface area (Å²) in [5.41, 5.74) is 3.53. The molecule has 2 aromatic heterocycles. The summed E-state index contributed by atoms with van der Waals surface area (Å²) in [6, 6.07) is 12.7. The minimum absolute atomic E-state index is 0.00246. The van der Waals surface area contributed by atoms with Gasteiger partial charge in [-0.05, 0) is 35.9 Å². The van der Waals surface area contributed by atoms with E-state index >= 15 is 0 Å². The van der Waals surface area contributed by atoms with E-state index in [-0.39, 0.29) is 16.8 Å². The second-order valence-corrected chi connectivity index (χ2v) is 9.19. The van der Waals surface area contributed by atoms with Crippen LogP contribution in [0.4, 0.5) is 0 Å². The fourth-order valence-electron chi connectivity index (χ4n) is 3.86.